The van der Waals surface area contributed by atoms with Crippen molar-refractivity contribution >= 4 is 17.8 Å². The molecule has 12 heteroatoms. The van der Waals surface area contributed by atoms with Gasteiger partial charge < -0.3 is 14.5 Å². The number of nitrogens with one attached hydrogen (secondary N) is 3. The molecule has 3 N–H and O–H groups in total. The maximum absolute atomic E-state index is 12.0. The normalized spacial score (nSPS) is 10.7. The number of nitrogens with zero attached hydrogens (tertiary/aromatic N) is 2. The minimum absolute atomic E-state index is 0.00560. The predicted octanol–water partition coefficient (Wildman–Crippen LogP) is 0.380. The summed E-state index contributed by atoms with van der Waals surface area (Å²) < 4.78 is 10.4. The highest BCUT2D eigenvalue weighted by atomic mass is 16.6. The molecule has 0 aliphatic carbocycles. The van der Waals surface area contributed by atoms with Crippen LogP contribution in [0.5, 0.6) is 11.5 Å². The van der Waals surface area contributed by atoms with Crippen molar-refractivity contribution in [3.63, 3.8) is 0 Å². The Hall–Kier alpha value is -3.96. The molecule has 1 aromatic carbocycles. The van der Waals surface area contributed by atoms with Crippen LogP contribution in [0.4, 0.5) is 5.69 Å². The number of methoxy groups -OCH3 is 1. The number of rotatable bonds is 8. The van der Waals surface area contributed by atoms with E-state index in [1.165, 1.54) is 32.4 Å². The molecule has 2 aromatic rings. The molecule has 0 saturated heterocycles. The number of benzene rings is 1. The summed E-state index contributed by atoms with van der Waals surface area (Å²) in [5, 5.41) is 15.0. The Morgan fingerprint density at radius 1 is 1.34 bits per heavy atom. The molecule has 1 aromatic heterocycles. The molecule has 0 aliphatic heterocycles. The molecule has 2 rings (SSSR count). The highest BCUT2D eigenvalue weighted by Crippen LogP contribution is 2.37. The molecule has 0 saturated carbocycles. The lowest BCUT2D eigenvalue weighted by Gasteiger charge is -2.10. The number of carbonyl (C=O) groups excluding carboxylic acids is 1. The minimum atomic E-state index is -0.669. The van der Waals surface area contributed by atoms with Gasteiger partial charge in [-0.2, -0.15) is 5.10 Å². The number of nitro groups is 1. The fraction of sp³-hybridized carbons (Fsp3) is 0.294. The van der Waals surface area contributed by atoms with E-state index in [2.05, 4.69) is 15.5 Å². The summed E-state index contributed by atoms with van der Waals surface area (Å²) in [6.07, 6.45) is 0.870. The van der Waals surface area contributed by atoms with Gasteiger partial charge in [0, 0.05) is 22.9 Å². The van der Waals surface area contributed by atoms with Gasteiger partial charge in [0.1, 0.15) is 0 Å². The molecule has 1 amide bonds. The lowest BCUT2D eigenvalue weighted by molar-refractivity contribution is -0.385. The molecule has 29 heavy (non-hydrogen) atoms. The van der Waals surface area contributed by atoms with Crippen LogP contribution in [-0.4, -0.2) is 40.7 Å². The number of hydrogen-bond acceptors (Lipinski definition) is 8. The highest BCUT2D eigenvalue weighted by Gasteiger charge is 2.21. The number of hydrazone groups is 1. The summed E-state index contributed by atoms with van der Waals surface area (Å²) in [4.78, 5) is 50.0. The van der Waals surface area contributed by atoms with Gasteiger partial charge >= 0.3 is 11.4 Å². The van der Waals surface area contributed by atoms with E-state index >= 15 is 0 Å². The van der Waals surface area contributed by atoms with E-state index < -0.39 is 22.1 Å². The summed E-state index contributed by atoms with van der Waals surface area (Å²) in [5.41, 5.74) is 1.22. The number of ether oxygens (including phenoxy) is 2. The smallest absolute Gasteiger partial charge is 0.325 e. The molecular weight excluding hydrogens is 386 g/mol. The van der Waals surface area contributed by atoms with Crippen molar-refractivity contribution in [2.45, 2.75) is 20.3 Å². The Morgan fingerprint density at radius 2 is 2.07 bits per heavy atom. The maximum Gasteiger partial charge on any atom is 0.325 e. The summed E-state index contributed by atoms with van der Waals surface area (Å²) in [7, 11) is 1.34. The number of H-pyrrole nitrogens is 2. The number of aromatic nitrogens is 2. The van der Waals surface area contributed by atoms with Crippen LogP contribution in [0.3, 0.4) is 0 Å². The lowest BCUT2D eigenvalue weighted by atomic mass is 10.1. The number of aryl methyl sites for hydroxylation is 1. The number of nitro benzene ring substituents is 1. The molecule has 154 valence electrons. The topological polar surface area (TPSA) is 169 Å². The third-order valence-electron chi connectivity index (χ3n) is 3.76. The predicted molar refractivity (Wildman–Crippen MR) is 103 cm³/mol. The zero-order valence-corrected chi connectivity index (χ0v) is 15.9. The fourth-order valence-corrected chi connectivity index (χ4v) is 2.48. The number of hydrogen-bond donors (Lipinski definition) is 3. The highest BCUT2D eigenvalue weighted by molar-refractivity contribution is 5.85. The molecule has 0 fully saturated rings. The number of amides is 1. The van der Waals surface area contributed by atoms with Gasteiger partial charge in [-0.15, -0.1) is 0 Å². The number of carbonyl (C=O) groups is 1. The van der Waals surface area contributed by atoms with Crippen LogP contribution in [0.1, 0.15) is 23.7 Å². The molecule has 0 radical (unpaired) electrons. The van der Waals surface area contributed by atoms with Crippen molar-refractivity contribution < 1.29 is 19.2 Å². The van der Waals surface area contributed by atoms with Crippen LogP contribution in [0.2, 0.25) is 0 Å². The van der Waals surface area contributed by atoms with Crippen molar-refractivity contribution in [3.8, 4) is 11.5 Å². The minimum Gasteiger partial charge on any atom is -0.493 e. The van der Waals surface area contributed by atoms with Crippen molar-refractivity contribution in [3.05, 3.63) is 59.9 Å². The van der Waals surface area contributed by atoms with Gasteiger partial charge in [-0.1, -0.05) is 0 Å². The Labute approximate surface area is 163 Å². The zero-order chi connectivity index (χ0) is 21.6. The first-order valence-electron chi connectivity index (χ1n) is 8.40. The summed E-state index contributed by atoms with van der Waals surface area (Å²) in [6.45, 7) is 3.39. The van der Waals surface area contributed by atoms with E-state index in [-0.39, 0.29) is 47.0 Å². The van der Waals surface area contributed by atoms with Crippen molar-refractivity contribution in [1.29, 1.82) is 0 Å². The SMILES string of the molecule is CCOc1c(OC)cc(/C=N\NC(=O)Cc2c(C)[nH]c(=O)[nH]c2=O)cc1[N+](=O)[O-]. The van der Waals surface area contributed by atoms with E-state index in [1.54, 1.807) is 6.92 Å². The molecule has 0 bridgehead atoms. The second kappa shape index (κ2) is 9.30. The van der Waals surface area contributed by atoms with Crippen LogP contribution in [0.15, 0.2) is 26.8 Å². The van der Waals surface area contributed by atoms with Crippen LogP contribution < -0.4 is 26.1 Å². The monoisotopic (exact) mass is 405 g/mol. The lowest BCUT2D eigenvalue weighted by Crippen LogP contribution is -2.30. The van der Waals surface area contributed by atoms with E-state index in [9.17, 15) is 24.5 Å². The molecular formula is C17H19N5O7. The average Bonchev–Trinajstić information content (AvgIpc) is 2.65. The zero-order valence-electron chi connectivity index (χ0n) is 15.9. The largest absolute Gasteiger partial charge is 0.493 e. The second-order valence-corrected chi connectivity index (χ2v) is 5.74. The van der Waals surface area contributed by atoms with Gasteiger partial charge in [-0.3, -0.25) is 24.7 Å². The first-order chi connectivity index (χ1) is 13.8. The van der Waals surface area contributed by atoms with Gasteiger partial charge in [0.05, 0.1) is 31.3 Å². The molecule has 0 atom stereocenters. The van der Waals surface area contributed by atoms with Gasteiger partial charge in [-0.05, 0) is 19.9 Å². The molecule has 12 nitrogen and oxygen atoms in total. The first kappa shape index (κ1) is 21.3. The fourth-order valence-electron chi connectivity index (χ4n) is 2.48. The average molecular weight is 405 g/mol. The summed E-state index contributed by atoms with van der Waals surface area (Å²) in [6, 6.07) is 2.68. The first-order valence-corrected chi connectivity index (χ1v) is 8.40. The molecule has 0 aliphatic rings. The third-order valence-corrected chi connectivity index (χ3v) is 3.76. The van der Waals surface area contributed by atoms with E-state index in [0.717, 1.165) is 0 Å². The van der Waals surface area contributed by atoms with Crippen LogP contribution in [0, 0.1) is 17.0 Å². The standard InChI is InChI=1S/C17H19N5O7/c1-4-29-15-12(22(26)27)5-10(6-13(15)28-3)8-18-21-14(23)7-11-9(2)19-17(25)20-16(11)24/h5-6,8H,4,7H2,1-3H3,(H,21,23)(H2,19,20,24,25)/b18-8-. The van der Waals surface area contributed by atoms with Crippen LogP contribution in [0.25, 0.3) is 0 Å². The Balaban J connectivity index is 2.19. The van der Waals surface area contributed by atoms with Gasteiger partial charge in [0.15, 0.2) is 5.75 Å². The van der Waals surface area contributed by atoms with E-state index in [4.69, 9.17) is 9.47 Å². The van der Waals surface area contributed by atoms with Crippen molar-refractivity contribution in [2.75, 3.05) is 13.7 Å². The van der Waals surface area contributed by atoms with E-state index in [0.29, 0.717) is 0 Å². The van der Waals surface area contributed by atoms with Crippen LogP contribution in [-0.2, 0) is 11.2 Å². The Kier molecular flexibility index (Phi) is 6.85. The molecule has 0 spiro atoms. The quantitative estimate of drug-likeness (QED) is 0.324. The maximum atomic E-state index is 12.0. The molecule has 0 unspecified atom stereocenters. The van der Waals surface area contributed by atoms with Gasteiger partial charge in [-0.25, -0.2) is 10.2 Å². The molecule has 1 heterocycles. The number of aromatic amines is 2. The Morgan fingerprint density at radius 3 is 2.66 bits per heavy atom. The third kappa shape index (κ3) is 5.28. The van der Waals surface area contributed by atoms with Gasteiger partial charge in [0.2, 0.25) is 11.7 Å². The van der Waals surface area contributed by atoms with Gasteiger partial charge in [0.25, 0.3) is 5.56 Å². The Bertz CT molecular complexity index is 1070. The van der Waals surface area contributed by atoms with Crippen LogP contribution >= 0.6 is 0 Å². The van der Waals surface area contributed by atoms with Crippen molar-refractivity contribution in [1.82, 2.24) is 15.4 Å². The van der Waals surface area contributed by atoms with E-state index in [1.807, 2.05) is 4.98 Å². The van der Waals surface area contributed by atoms with Crippen molar-refractivity contribution in [2.24, 2.45) is 5.10 Å². The summed E-state index contributed by atoms with van der Waals surface area (Å²) >= 11 is 0. The second-order valence-electron chi connectivity index (χ2n) is 5.74. The summed E-state index contributed by atoms with van der Waals surface area (Å²) in [5.74, 6) is -0.479.